The fraction of sp³-hybridized carbons (Fsp3) is 0.556. The molecule has 0 spiro atoms. The largest absolute Gasteiger partial charge is 0.381 e. The van der Waals surface area contributed by atoms with Crippen molar-refractivity contribution in [3.63, 3.8) is 0 Å². The third-order valence-electron chi connectivity index (χ3n) is 3.94. The summed E-state index contributed by atoms with van der Waals surface area (Å²) < 4.78 is 15.8. The number of carbonyl (C=O) groups is 2. The van der Waals surface area contributed by atoms with Crippen molar-refractivity contribution in [1.82, 2.24) is 10.8 Å². The first-order chi connectivity index (χ1) is 13.9. The second-order valence-electron chi connectivity index (χ2n) is 6.02. The van der Waals surface area contributed by atoms with E-state index in [9.17, 15) is 19.7 Å². The number of hydrogen-bond donors (Lipinski definition) is 3. The van der Waals surface area contributed by atoms with Crippen molar-refractivity contribution in [2.24, 2.45) is 5.92 Å². The van der Waals surface area contributed by atoms with E-state index in [1.807, 2.05) is 0 Å². The van der Waals surface area contributed by atoms with Crippen LogP contribution < -0.4 is 10.8 Å². The number of rotatable bonds is 14. The summed E-state index contributed by atoms with van der Waals surface area (Å²) in [5, 5.41) is 22.4. The van der Waals surface area contributed by atoms with Gasteiger partial charge in [-0.15, -0.1) is 0 Å². The van der Waals surface area contributed by atoms with E-state index in [1.54, 1.807) is 19.3 Å². The van der Waals surface area contributed by atoms with Gasteiger partial charge in [-0.2, -0.15) is 0 Å². The molecule has 0 fully saturated rings. The minimum atomic E-state index is -0.724. The highest BCUT2D eigenvalue weighted by Crippen LogP contribution is 2.14. The first kappa shape index (κ1) is 24.4. The molecule has 11 nitrogen and oxygen atoms in total. The van der Waals surface area contributed by atoms with Crippen molar-refractivity contribution in [2.45, 2.75) is 26.3 Å². The fourth-order valence-electron chi connectivity index (χ4n) is 2.45. The number of ether oxygens (including phenoxy) is 3. The average Bonchev–Trinajstić information content (AvgIpc) is 2.73. The predicted octanol–water partition coefficient (Wildman–Crippen LogP) is 1.25. The number of benzene rings is 1. The molecular weight excluding hydrogens is 386 g/mol. The highest BCUT2D eigenvalue weighted by Gasteiger charge is 2.25. The van der Waals surface area contributed by atoms with Gasteiger partial charge >= 0.3 is 0 Å². The maximum Gasteiger partial charge on any atom is 0.269 e. The molecule has 0 aliphatic heterocycles. The molecule has 0 heterocycles. The Morgan fingerprint density at radius 3 is 2.31 bits per heavy atom. The molecule has 0 saturated heterocycles. The van der Waals surface area contributed by atoms with E-state index in [-0.39, 0.29) is 37.7 Å². The van der Waals surface area contributed by atoms with Crippen LogP contribution >= 0.6 is 0 Å². The van der Waals surface area contributed by atoms with E-state index in [0.717, 1.165) is 0 Å². The summed E-state index contributed by atoms with van der Waals surface area (Å²) in [6, 6.07) is 4.54. The average molecular weight is 413 g/mol. The summed E-state index contributed by atoms with van der Waals surface area (Å²) in [6.07, 6.45) is 0.136. The number of amides is 2. The lowest BCUT2D eigenvalue weighted by atomic mass is 9.99. The minimum absolute atomic E-state index is 0.0166. The van der Waals surface area contributed by atoms with Crippen molar-refractivity contribution >= 4 is 17.5 Å². The number of nitrogens with one attached hydrogen (secondary N) is 2. The van der Waals surface area contributed by atoms with Crippen LogP contribution in [0.3, 0.4) is 0 Å². The molecule has 1 aromatic carbocycles. The first-order valence-electron chi connectivity index (χ1n) is 9.15. The highest BCUT2D eigenvalue weighted by molar-refractivity contribution is 5.94. The van der Waals surface area contributed by atoms with Gasteiger partial charge in [0, 0.05) is 30.9 Å². The summed E-state index contributed by atoms with van der Waals surface area (Å²) >= 11 is 0. The van der Waals surface area contributed by atoms with Gasteiger partial charge in [-0.05, 0) is 32.4 Å². The molecule has 0 radical (unpaired) electrons. The summed E-state index contributed by atoms with van der Waals surface area (Å²) in [6.45, 7) is 4.55. The molecule has 1 aromatic rings. The third kappa shape index (κ3) is 8.96. The molecule has 2 amide bonds. The second-order valence-corrected chi connectivity index (χ2v) is 6.02. The molecule has 0 aliphatic carbocycles. The smallest absolute Gasteiger partial charge is 0.269 e. The van der Waals surface area contributed by atoms with Crippen LogP contribution in [0.25, 0.3) is 0 Å². The monoisotopic (exact) mass is 413 g/mol. The molecule has 0 unspecified atom stereocenters. The molecule has 0 aromatic heterocycles. The van der Waals surface area contributed by atoms with Crippen LogP contribution in [0.5, 0.6) is 0 Å². The maximum absolute atomic E-state index is 12.5. The Morgan fingerprint density at radius 2 is 1.76 bits per heavy atom. The number of nitrogens with zero attached hydrogens (tertiary/aromatic N) is 1. The molecular formula is C18H27N3O8. The van der Waals surface area contributed by atoms with Gasteiger partial charge in [0.15, 0.2) is 0 Å². The van der Waals surface area contributed by atoms with E-state index >= 15 is 0 Å². The Labute approximate surface area is 168 Å². The third-order valence-corrected chi connectivity index (χ3v) is 3.94. The molecule has 29 heavy (non-hydrogen) atoms. The van der Waals surface area contributed by atoms with E-state index in [2.05, 4.69) is 5.32 Å². The quantitative estimate of drug-likeness (QED) is 0.136. The van der Waals surface area contributed by atoms with Gasteiger partial charge in [0.05, 0.1) is 30.1 Å². The molecule has 2 atom stereocenters. The summed E-state index contributed by atoms with van der Waals surface area (Å²) in [5.74, 6) is -1.85. The van der Waals surface area contributed by atoms with Gasteiger partial charge < -0.3 is 19.5 Å². The number of hydrogen-bond acceptors (Lipinski definition) is 8. The molecule has 0 saturated carbocycles. The summed E-state index contributed by atoms with van der Waals surface area (Å²) in [5.41, 5.74) is 1.69. The molecule has 0 bridgehead atoms. The predicted molar refractivity (Wildman–Crippen MR) is 101 cm³/mol. The summed E-state index contributed by atoms with van der Waals surface area (Å²) in [7, 11) is 0. The fourth-order valence-corrected chi connectivity index (χ4v) is 2.45. The zero-order valence-electron chi connectivity index (χ0n) is 16.5. The lowest BCUT2D eigenvalue weighted by Crippen LogP contribution is -2.43. The van der Waals surface area contributed by atoms with Crippen LogP contribution in [-0.4, -0.2) is 61.2 Å². The van der Waals surface area contributed by atoms with Crippen molar-refractivity contribution in [3.8, 4) is 0 Å². The van der Waals surface area contributed by atoms with Gasteiger partial charge in [0.1, 0.15) is 6.79 Å². The van der Waals surface area contributed by atoms with Gasteiger partial charge in [-0.1, -0.05) is 0 Å². The highest BCUT2D eigenvalue weighted by atomic mass is 16.7. The van der Waals surface area contributed by atoms with E-state index in [1.165, 1.54) is 24.3 Å². The van der Waals surface area contributed by atoms with Crippen LogP contribution in [-0.2, 0) is 19.0 Å². The van der Waals surface area contributed by atoms with Crippen LogP contribution in [0.2, 0.25) is 0 Å². The van der Waals surface area contributed by atoms with Gasteiger partial charge in [-0.25, -0.2) is 5.48 Å². The topological polar surface area (TPSA) is 149 Å². The minimum Gasteiger partial charge on any atom is -0.381 e. The van der Waals surface area contributed by atoms with E-state index in [4.69, 9.17) is 19.4 Å². The van der Waals surface area contributed by atoms with Crippen molar-refractivity contribution in [2.75, 3.05) is 33.2 Å². The van der Waals surface area contributed by atoms with Gasteiger partial charge in [0.25, 0.3) is 11.6 Å². The van der Waals surface area contributed by atoms with Gasteiger partial charge in [0.2, 0.25) is 5.91 Å². The molecule has 3 N–H and O–H groups in total. The lowest BCUT2D eigenvalue weighted by molar-refractivity contribution is -0.384. The van der Waals surface area contributed by atoms with E-state index in [0.29, 0.717) is 13.2 Å². The Morgan fingerprint density at radius 1 is 1.10 bits per heavy atom. The zero-order chi connectivity index (χ0) is 21.6. The van der Waals surface area contributed by atoms with Crippen LogP contribution in [0.4, 0.5) is 5.69 Å². The Balaban J connectivity index is 2.84. The molecule has 1 rings (SSSR count). The second kappa shape index (κ2) is 13.6. The first-order valence-corrected chi connectivity index (χ1v) is 9.15. The number of non-ortho nitro benzene ring substituents is 1. The van der Waals surface area contributed by atoms with Crippen molar-refractivity contribution in [3.05, 3.63) is 39.9 Å². The standard InChI is InChI=1S/C18H27N3O8/c1-3-27-10-14(18(23)20-24)9-15(11-29-12-28-4-2)19-17(22)13-5-7-16(8-6-13)21(25)26/h5-8,14-15,24H,3-4,9-12H2,1-2H3,(H,19,22)(H,20,23)/t14-,15+/m1/s1. The Bertz CT molecular complexity index is 653. The van der Waals surface area contributed by atoms with E-state index < -0.39 is 28.7 Å². The lowest BCUT2D eigenvalue weighted by Gasteiger charge is -2.23. The van der Waals surface area contributed by atoms with Crippen LogP contribution in [0.1, 0.15) is 30.6 Å². The summed E-state index contributed by atoms with van der Waals surface area (Å²) in [4.78, 5) is 34.6. The number of nitro benzene ring substituents is 1. The van der Waals surface area contributed by atoms with Crippen molar-refractivity contribution < 1.29 is 33.9 Å². The Hall–Kier alpha value is -2.60. The zero-order valence-corrected chi connectivity index (χ0v) is 16.5. The maximum atomic E-state index is 12.5. The molecule has 162 valence electrons. The SMILES string of the molecule is CCOCOC[C@H](C[C@H](COCC)C(=O)NO)NC(=O)c1ccc([N+](=O)[O-])cc1. The number of nitro groups is 1. The number of carbonyl (C=O) groups excluding carboxylic acids is 2. The Kier molecular flexibility index (Phi) is 11.4. The normalized spacial score (nSPS) is 12.8. The van der Waals surface area contributed by atoms with Crippen LogP contribution in [0, 0.1) is 16.0 Å². The van der Waals surface area contributed by atoms with Gasteiger partial charge in [-0.3, -0.25) is 24.9 Å². The van der Waals surface area contributed by atoms with Crippen molar-refractivity contribution in [1.29, 1.82) is 0 Å². The molecule has 11 heteroatoms. The number of hydroxylamine groups is 1. The molecule has 0 aliphatic rings. The van der Waals surface area contributed by atoms with Crippen LogP contribution in [0.15, 0.2) is 24.3 Å².